The van der Waals surface area contributed by atoms with Crippen LogP contribution >= 0.6 is 0 Å². The van der Waals surface area contributed by atoms with E-state index in [0.717, 1.165) is 0 Å². The molecule has 0 radical (unpaired) electrons. The summed E-state index contributed by atoms with van der Waals surface area (Å²) < 4.78 is 31.9. The molecule has 0 aliphatic heterocycles. The van der Waals surface area contributed by atoms with Crippen molar-refractivity contribution in [3.8, 4) is 0 Å². The molecule has 0 saturated heterocycles. The first-order valence-electron chi connectivity index (χ1n) is 0.698. The van der Waals surface area contributed by atoms with Crippen molar-refractivity contribution in [3.63, 3.8) is 0 Å². The molecule has 0 aromatic carbocycles. The summed E-state index contributed by atoms with van der Waals surface area (Å²) in [5.41, 5.74) is 0. The Morgan fingerprint density at radius 3 is 1.17 bits per heavy atom. The van der Waals surface area contributed by atoms with Crippen molar-refractivity contribution >= 4 is 45.5 Å². The fraction of sp³-hybridized carbons (Fsp3) is 0. The summed E-state index contributed by atoms with van der Waals surface area (Å²) in [7, 11) is 0. The van der Waals surface area contributed by atoms with Crippen LogP contribution in [0.5, 0.6) is 0 Å². The van der Waals surface area contributed by atoms with E-state index in [1.54, 1.807) is 0 Å². The summed E-state index contributed by atoms with van der Waals surface area (Å²) in [5.74, 6) is 0. The van der Waals surface area contributed by atoms with Crippen LogP contribution in [-0.4, -0.2) is 53.8 Å². The average molecular weight is 208 g/mol. The first-order chi connectivity index (χ1) is 2.00. The Labute approximate surface area is 73.8 Å². The van der Waals surface area contributed by atoms with E-state index >= 15 is 0 Å². The van der Waals surface area contributed by atoms with Crippen LogP contribution in [-0.2, 0) is 21.2 Å². The summed E-state index contributed by atoms with van der Waals surface area (Å²) in [6.07, 6.45) is 0. The molecule has 0 aromatic rings. The van der Waals surface area contributed by atoms with Gasteiger partial charge in [0.1, 0.15) is 0 Å². The van der Waals surface area contributed by atoms with Gasteiger partial charge < -0.3 is 0 Å². The molecule has 0 aliphatic carbocycles. The van der Waals surface area contributed by atoms with Gasteiger partial charge in [-0.3, -0.25) is 0 Å². The quantitative estimate of drug-likeness (QED) is 0.440. The SMILES string of the molecule is [O]=[Cr](=[O])([OH])[OH].[SrH2]. The molecule has 0 bridgehead atoms. The van der Waals surface area contributed by atoms with E-state index in [-0.39, 0.29) is 45.5 Å². The van der Waals surface area contributed by atoms with Crippen LogP contribution in [0, 0.1) is 0 Å². The van der Waals surface area contributed by atoms with Crippen molar-refractivity contribution in [1.82, 2.24) is 0 Å². The van der Waals surface area contributed by atoms with Crippen LogP contribution in [0.15, 0.2) is 0 Å². The fourth-order valence-corrected chi connectivity index (χ4v) is 0. The molecule has 6 heavy (non-hydrogen) atoms. The molecule has 0 spiro atoms. The van der Waals surface area contributed by atoms with E-state index in [4.69, 9.17) is 15.9 Å². The van der Waals surface area contributed by atoms with Gasteiger partial charge in [0, 0.05) is 0 Å². The standard InChI is InChI=1S/Cr.2H2O.2O.Sr.2H/h;2*1H2;;;;;/q+2;;;;;;;/p-2. The van der Waals surface area contributed by atoms with Gasteiger partial charge in [-0.25, -0.2) is 0 Å². The van der Waals surface area contributed by atoms with E-state index in [1.807, 2.05) is 0 Å². The molecule has 0 heterocycles. The van der Waals surface area contributed by atoms with Crippen LogP contribution < -0.4 is 0 Å². The maximum absolute atomic E-state index is 8.82. The predicted molar refractivity (Wildman–Crippen MR) is 14.4 cm³/mol. The van der Waals surface area contributed by atoms with Gasteiger partial charge in [-0.05, 0) is 0 Å². The van der Waals surface area contributed by atoms with Gasteiger partial charge in [0.15, 0.2) is 0 Å². The Kier molecular flexibility index (Phi) is 6.17. The Balaban J connectivity index is 0. The van der Waals surface area contributed by atoms with E-state index in [1.165, 1.54) is 0 Å². The van der Waals surface area contributed by atoms with Crippen molar-refractivity contribution in [3.05, 3.63) is 0 Å². The molecular formula is H4CrO4Sr. The minimum absolute atomic E-state index is 0. The normalized spacial score (nSPS) is 9.67. The molecule has 2 N–H and O–H groups in total. The monoisotopic (exact) mass is 208 g/mol. The minimum atomic E-state index is -5.25. The maximum atomic E-state index is 8.82. The van der Waals surface area contributed by atoms with Crippen molar-refractivity contribution in [2.24, 2.45) is 0 Å². The summed E-state index contributed by atoms with van der Waals surface area (Å²) >= 11 is -5.25. The van der Waals surface area contributed by atoms with E-state index in [2.05, 4.69) is 0 Å². The molecule has 0 amide bonds. The second kappa shape index (κ2) is 3.52. The molecule has 0 rings (SSSR count). The summed E-state index contributed by atoms with van der Waals surface area (Å²) in [4.78, 5) is 0. The van der Waals surface area contributed by atoms with Crippen molar-refractivity contribution in [1.29, 1.82) is 0 Å². The molecule has 0 aliphatic rings. The summed E-state index contributed by atoms with van der Waals surface area (Å²) in [6, 6.07) is 0. The van der Waals surface area contributed by atoms with Gasteiger partial charge in [0.25, 0.3) is 0 Å². The molecule has 0 aromatic heterocycles. The second-order valence-electron chi connectivity index (χ2n) is 0.448. The third kappa shape index (κ3) is 48.4. The van der Waals surface area contributed by atoms with Crippen LogP contribution in [0.25, 0.3) is 0 Å². The van der Waals surface area contributed by atoms with Crippen molar-refractivity contribution in [2.75, 3.05) is 0 Å². The molecule has 4 nitrogen and oxygen atoms in total. The number of hydrogen-bond acceptors (Lipinski definition) is 2. The Bertz CT molecular complexity index is 90.7. The number of hydrogen-bond donors (Lipinski definition) is 2. The van der Waals surface area contributed by atoms with Gasteiger partial charge in [0.2, 0.25) is 0 Å². The average Bonchev–Trinajstić information content (AvgIpc) is 0.722. The number of rotatable bonds is 0. The Hall–Kier alpha value is 1.53. The first kappa shape index (κ1) is 10.5. The molecule has 0 unspecified atom stereocenters. The summed E-state index contributed by atoms with van der Waals surface area (Å²) in [6.45, 7) is 0. The zero-order chi connectivity index (χ0) is 4.50. The predicted octanol–water partition coefficient (Wildman–Crippen LogP) is -2.27. The fourth-order valence-electron chi connectivity index (χ4n) is 0. The van der Waals surface area contributed by atoms with Crippen LogP contribution in [0.4, 0.5) is 0 Å². The molecule has 0 atom stereocenters. The van der Waals surface area contributed by atoms with Crippen LogP contribution in [0.1, 0.15) is 0 Å². The van der Waals surface area contributed by atoms with Crippen molar-refractivity contribution in [2.45, 2.75) is 0 Å². The molecule has 6 heteroatoms. The second-order valence-corrected chi connectivity index (χ2v) is 1.85. The van der Waals surface area contributed by atoms with Gasteiger partial charge in [0.05, 0.1) is 0 Å². The van der Waals surface area contributed by atoms with Crippen molar-refractivity contribution < 1.29 is 29.5 Å². The zero-order valence-electron chi connectivity index (χ0n) is 2.12. The first-order valence-corrected chi connectivity index (χ1v) is 2.88. The van der Waals surface area contributed by atoms with Crippen LogP contribution in [0.2, 0.25) is 0 Å². The zero-order valence-corrected chi connectivity index (χ0v) is 3.39. The van der Waals surface area contributed by atoms with Gasteiger partial charge >= 0.3 is 75.0 Å². The Morgan fingerprint density at radius 2 is 1.17 bits per heavy atom. The van der Waals surface area contributed by atoms with E-state index < -0.39 is 13.6 Å². The van der Waals surface area contributed by atoms with E-state index in [9.17, 15) is 0 Å². The van der Waals surface area contributed by atoms with Gasteiger partial charge in [-0.1, -0.05) is 0 Å². The Morgan fingerprint density at radius 1 is 1.17 bits per heavy atom. The topological polar surface area (TPSA) is 74.6 Å². The third-order valence-electron chi connectivity index (χ3n) is 0. The third-order valence-corrected chi connectivity index (χ3v) is 0. The molecule has 0 fully saturated rings. The molecule has 36 valence electrons. The van der Waals surface area contributed by atoms with E-state index in [0.29, 0.717) is 0 Å². The van der Waals surface area contributed by atoms with Crippen LogP contribution in [0.3, 0.4) is 0 Å². The van der Waals surface area contributed by atoms with Gasteiger partial charge in [-0.2, -0.15) is 0 Å². The summed E-state index contributed by atoms with van der Waals surface area (Å²) in [5, 5.41) is 0. The molecular weight excluding hydrogens is 204 g/mol. The molecule has 0 saturated carbocycles. The van der Waals surface area contributed by atoms with Gasteiger partial charge in [-0.15, -0.1) is 0 Å².